The highest BCUT2D eigenvalue weighted by Gasteiger charge is 2.23. The smallest absolute Gasteiger partial charge is 0.221 e. The highest BCUT2D eigenvalue weighted by molar-refractivity contribution is 5.78. The molecule has 2 unspecified atom stereocenters. The highest BCUT2D eigenvalue weighted by Crippen LogP contribution is 2.28. The quantitative estimate of drug-likeness (QED) is 0.743. The molecule has 0 aliphatic carbocycles. The molecule has 0 bridgehead atoms. The molecule has 2 atom stereocenters. The van der Waals surface area contributed by atoms with E-state index in [1.807, 2.05) is 6.92 Å². The van der Waals surface area contributed by atoms with Crippen molar-refractivity contribution in [1.29, 1.82) is 0 Å². The second-order valence-electron chi connectivity index (χ2n) is 4.52. The predicted octanol–water partition coefficient (Wildman–Crippen LogP) is 0.940. The van der Waals surface area contributed by atoms with Crippen molar-refractivity contribution in [1.82, 2.24) is 10.6 Å². The Bertz CT molecular complexity index is 448. The zero-order chi connectivity index (χ0) is 13.1. The number of ether oxygens (including phenoxy) is 1. The highest BCUT2D eigenvalue weighted by atomic mass is 16.5. The summed E-state index contributed by atoms with van der Waals surface area (Å²) in [6.45, 7) is 2.59. The molecular formula is C13H18N2O3. The van der Waals surface area contributed by atoms with E-state index in [0.717, 1.165) is 5.56 Å². The average Bonchev–Trinajstić information content (AvgIpc) is 2.75. The van der Waals surface area contributed by atoms with Gasteiger partial charge in [-0.25, -0.2) is 0 Å². The van der Waals surface area contributed by atoms with Gasteiger partial charge < -0.3 is 20.5 Å². The van der Waals surface area contributed by atoms with Gasteiger partial charge in [0, 0.05) is 30.6 Å². The summed E-state index contributed by atoms with van der Waals surface area (Å²) in [5.74, 6) is 1.000. The molecule has 1 aliphatic rings. The maximum absolute atomic E-state index is 11.1. The molecule has 1 saturated heterocycles. The lowest BCUT2D eigenvalue weighted by Gasteiger charge is -2.20. The first-order valence-electron chi connectivity index (χ1n) is 6.00. The molecule has 18 heavy (non-hydrogen) atoms. The van der Waals surface area contributed by atoms with Gasteiger partial charge in [-0.2, -0.15) is 0 Å². The Morgan fingerprint density at radius 3 is 2.94 bits per heavy atom. The fraction of sp³-hybridized carbons (Fsp3) is 0.462. The Morgan fingerprint density at radius 2 is 2.33 bits per heavy atom. The number of amides is 1. The maximum Gasteiger partial charge on any atom is 0.221 e. The number of methoxy groups -OCH3 is 1. The third-order valence-corrected chi connectivity index (χ3v) is 3.16. The number of hydrogen-bond donors (Lipinski definition) is 3. The van der Waals surface area contributed by atoms with Crippen molar-refractivity contribution >= 4 is 5.91 Å². The van der Waals surface area contributed by atoms with Gasteiger partial charge in [-0.15, -0.1) is 0 Å². The number of carbonyl (C=O) groups is 1. The number of hydrogen-bond acceptors (Lipinski definition) is 4. The summed E-state index contributed by atoms with van der Waals surface area (Å²) in [7, 11) is 1.59. The minimum atomic E-state index is -0.0437. The van der Waals surface area contributed by atoms with E-state index in [4.69, 9.17) is 4.74 Å². The molecule has 0 radical (unpaired) electrons. The Kier molecular flexibility index (Phi) is 3.72. The van der Waals surface area contributed by atoms with Gasteiger partial charge in [0.25, 0.3) is 0 Å². The zero-order valence-corrected chi connectivity index (χ0v) is 10.6. The lowest BCUT2D eigenvalue weighted by molar-refractivity contribution is -0.119. The molecule has 1 aromatic rings. The van der Waals surface area contributed by atoms with Crippen LogP contribution < -0.4 is 15.4 Å². The third kappa shape index (κ3) is 2.73. The van der Waals surface area contributed by atoms with E-state index in [1.54, 1.807) is 25.3 Å². The molecule has 5 nitrogen and oxygen atoms in total. The second kappa shape index (κ2) is 5.27. The second-order valence-corrected chi connectivity index (χ2v) is 4.52. The Balaban J connectivity index is 2.08. The average molecular weight is 250 g/mol. The lowest BCUT2D eigenvalue weighted by atomic mass is 10.1. The van der Waals surface area contributed by atoms with Crippen LogP contribution in [0.15, 0.2) is 18.2 Å². The fourth-order valence-electron chi connectivity index (χ4n) is 2.17. The number of nitrogens with one attached hydrogen (secondary N) is 2. The van der Waals surface area contributed by atoms with Crippen LogP contribution in [0.25, 0.3) is 0 Å². The van der Waals surface area contributed by atoms with Gasteiger partial charge in [0.2, 0.25) is 5.91 Å². The molecule has 1 aromatic carbocycles. The lowest BCUT2D eigenvalue weighted by Crippen LogP contribution is -2.33. The standard InChI is InChI=1S/C13H18N2O3/c1-8(15-9-5-13(17)14-7-9)11-6-10(18-2)3-4-12(11)16/h3-4,6,8-9,15-16H,5,7H2,1-2H3,(H,14,17). The molecule has 1 fully saturated rings. The predicted molar refractivity (Wildman–Crippen MR) is 67.6 cm³/mol. The van der Waals surface area contributed by atoms with Crippen LogP contribution in [0.5, 0.6) is 11.5 Å². The number of aromatic hydroxyl groups is 1. The summed E-state index contributed by atoms with van der Waals surface area (Å²) < 4.78 is 5.14. The molecule has 98 valence electrons. The SMILES string of the molecule is COc1ccc(O)c(C(C)NC2CNC(=O)C2)c1. The summed E-state index contributed by atoms with van der Waals surface area (Å²) in [6, 6.07) is 5.20. The van der Waals surface area contributed by atoms with Crippen molar-refractivity contribution in [2.75, 3.05) is 13.7 Å². The summed E-state index contributed by atoms with van der Waals surface area (Å²) in [5.41, 5.74) is 0.772. The summed E-state index contributed by atoms with van der Waals surface area (Å²) in [6.07, 6.45) is 0.481. The zero-order valence-electron chi connectivity index (χ0n) is 10.6. The number of phenols is 1. The topological polar surface area (TPSA) is 70.6 Å². The number of rotatable bonds is 4. The van der Waals surface area contributed by atoms with Crippen molar-refractivity contribution in [3.63, 3.8) is 0 Å². The Labute approximate surface area is 106 Å². The molecule has 0 saturated carbocycles. The molecule has 0 spiro atoms. The van der Waals surface area contributed by atoms with Crippen LogP contribution in [-0.2, 0) is 4.79 Å². The number of carbonyl (C=O) groups excluding carboxylic acids is 1. The summed E-state index contributed by atoms with van der Waals surface area (Å²) in [5, 5.41) is 15.9. The van der Waals surface area contributed by atoms with Crippen LogP contribution >= 0.6 is 0 Å². The van der Waals surface area contributed by atoms with Crippen LogP contribution in [-0.4, -0.2) is 30.7 Å². The van der Waals surface area contributed by atoms with E-state index in [-0.39, 0.29) is 23.7 Å². The molecule has 1 amide bonds. The van der Waals surface area contributed by atoms with Crippen molar-refractivity contribution in [2.24, 2.45) is 0 Å². The summed E-state index contributed by atoms with van der Waals surface area (Å²) in [4.78, 5) is 11.1. The Hall–Kier alpha value is -1.75. The van der Waals surface area contributed by atoms with Gasteiger partial charge in [-0.1, -0.05) is 0 Å². The first-order valence-corrected chi connectivity index (χ1v) is 6.00. The maximum atomic E-state index is 11.1. The normalized spacial score (nSPS) is 20.6. The van der Waals surface area contributed by atoms with Crippen LogP contribution in [0.3, 0.4) is 0 Å². The van der Waals surface area contributed by atoms with Crippen LogP contribution in [0.2, 0.25) is 0 Å². The van der Waals surface area contributed by atoms with E-state index in [2.05, 4.69) is 10.6 Å². The summed E-state index contributed by atoms with van der Waals surface area (Å²) >= 11 is 0. The third-order valence-electron chi connectivity index (χ3n) is 3.16. The van der Waals surface area contributed by atoms with Gasteiger partial charge in [-0.05, 0) is 25.1 Å². The largest absolute Gasteiger partial charge is 0.508 e. The first kappa shape index (κ1) is 12.7. The molecule has 0 aromatic heterocycles. The van der Waals surface area contributed by atoms with E-state index < -0.39 is 0 Å². The van der Waals surface area contributed by atoms with Gasteiger partial charge in [-0.3, -0.25) is 4.79 Å². The van der Waals surface area contributed by atoms with E-state index in [9.17, 15) is 9.90 Å². The van der Waals surface area contributed by atoms with Crippen molar-refractivity contribution in [3.8, 4) is 11.5 Å². The number of benzene rings is 1. The van der Waals surface area contributed by atoms with E-state index >= 15 is 0 Å². The molecule has 1 heterocycles. The van der Waals surface area contributed by atoms with Crippen LogP contribution in [0.1, 0.15) is 24.9 Å². The van der Waals surface area contributed by atoms with E-state index in [1.165, 1.54) is 0 Å². The molecule has 3 N–H and O–H groups in total. The Morgan fingerprint density at radius 1 is 1.56 bits per heavy atom. The minimum Gasteiger partial charge on any atom is -0.508 e. The monoisotopic (exact) mass is 250 g/mol. The first-order chi connectivity index (χ1) is 8.60. The van der Waals surface area contributed by atoms with Crippen LogP contribution in [0.4, 0.5) is 0 Å². The van der Waals surface area contributed by atoms with Crippen molar-refractivity contribution in [2.45, 2.75) is 25.4 Å². The molecule has 2 rings (SSSR count). The fourth-order valence-corrected chi connectivity index (χ4v) is 2.17. The minimum absolute atomic E-state index is 0.0437. The van der Waals surface area contributed by atoms with Crippen molar-refractivity contribution in [3.05, 3.63) is 23.8 Å². The van der Waals surface area contributed by atoms with Gasteiger partial charge in [0.15, 0.2) is 0 Å². The molecule has 1 aliphatic heterocycles. The van der Waals surface area contributed by atoms with Crippen LogP contribution in [0, 0.1) is 0 Å². The molecular weight excluding hydrogens is 232 g/mol. The van der Waals surface area contributed by atoms with Crippen molar-refractivity contribution < 1.29 is 14.6 Å². The number of phenolic OH excluding ortho intramolecular Hbond substituents is 1. The van der Waals surface area contributed by atoms with Gasteiger partial charge in [0.1, 0.15) is 11.5 Å². The molecule has 5 heteroatoms. The van der Waals surface area contributed by atoms with E-state index in [0.29, 0.717) is 18.7 Å². The van der Waals surface area contributed by atoms with Gasteiger partial charge >= 0.3 is 0 Å². The van der Waals surface area contributed by atoms with Gasteiger partial charge in [0.05, 0.1) is 7.11 Å².